The number of ketones is 2. The predicted octanol–water partition coefficient (Wildman–Crippen LogP) is 0.984. The van der Waals surface area contributed by atoms with E-state index in [1.807, 2.05) is 0 Å². The summed E-state index contributed by atoms with van der Waals surface area (Å²) in [5, 5.41) is 2.75. The average molecular weight is 522 g/mol. The predicted molar refractivity (Wildman–Crippen MR) is 128 cm³/mol. The number of rotatable bonds is 4. The quantitative estimate of drug-likeness (QED) is 0.171. The van der Waals surface area contributed by atoms with E-state index in [0.29, 0.717) is 0 Å². The molecule has 0 saturated carbocycles. The number of fused-ring (bicyclic) bond motifs is 2. The monoisotopic (exact) mass is 522 g/mol. The first kappa shape index (κ1) is 28.7. The van der Waals surface area contributed by atoms with Crippen LogP contribution in [0.15, 0.2) is 64.4 Å². The molecule has 14 heteroatoms. The topological polar surface area (TPSA) is 181 Å². The molecule has 1 aliphatic carbocycles. The summed E-state index contributed by atoms with van der Waals surface area (Å²) in [7, 11) is -9.31. The van der Waals surface area contributed by atoms with E-state index in [-0.39, 0.29) is 97.6 Å². The Balaban J connectivity index is 0.00000204. The van der Waals surface area contributed by atoms with Gasteiger partial charge in [0.25, 0.3) is 20.2 Å². The molecule has 1 aliphatic rings. The van der Waals surface area contributed by atoms with E-state index in [0.717, 1.165) is 18.2 Å². The second kappa shape index (κ2) is 10.2. The van der Waals surface area contributed by atoms with Gasteiger partial charge in [0.15, 0.2) is 11.6 Å². The molecular weight excluding hydrogens is 506 g/mol. The standard InChI is InChI=1S/C20H14N2O8S2.2Na.2H/c21-18-15(32(28,29)30)9-14(22-10-5-7-11(8-6-10)31(25,26)27)16-17(18)20(24)13-4-2-1-3-12(13)19(16)23;;;;/h1-9,22H,21H2,(H,25,26,27)(H,28,29,30);;;;. The summed E-state index contributed by atoms with van der Waals surface area (Å²) < 4.78 is 64.9. The summed E-state index contributed by atoms with van der Waals surface area (Å²) in [5.41, 5.74) is 4.94. The van der Waals surface area contributed by atoms with E-state index in [9.17, 15) is 31.0 Å². The summed E-state index contributed by atoms with van der Waals surface area (Å²) in [4.78, 5) is 25.1. The van der Waals surface area contributed by atoms with Crippen LogP contribution in [0.3, 0.4) is 0 Å². The number of carbonyl (C=O) groups excluding carboxylic acids is 2. The molecule has 3 aromatic rings. The van der Waals surface area contributed by atoms with Crippen LogP contribution in [0.1, 0.15) is 31.8 Å². The molecule has 0 atom stereocenters. The number of anilines is 3. The fourth-order valence-electron chi connectivity index (χ4n) is 3.47. The van der Waals surface area contributed by atoms with Gasteiger partial charge in [0, 0.05) is 16.8 Å². The molecule has 0 aromatic heterocycles. The Morgan fingerprint density at radius 2 is 1.24 bits per heavy atom. The van der Waals surface area contributed by atoms with Gasteiger partial charge in [-0.15, -0.1) is 0 Å². The van der Waals surface area contributed by atoms with Crippen LogP contribution in [0.2, 0.25) is 0 Å². The number of nitrogen functional groups attached to an aromatic ring is 1. The van der Waals surface area contributed by atoms with Crippen molar-refractivity contribution in [1.82, 2.24) is 0 Å². The van der Waals surface area contributed by atoms with Crippen LogP contribution in [0.5, 0.6) is 0 Å². The fraction of sp³-hybridized carbons (Fsp3) is 0. The molecule has 0 aliphatic heterocycles. The van der Waals surface area contributed by atoms with Crippen LogP contribution in [0.4, 0.5) is 17.1 Å². The number of hydrogen-bond donors (Lipinski definition) is 4. The molecule has 10 nitrogen and oxygen atoms in total. The van der Waals surface area contributed by atoms with Gasteiger partial charge in [-0.2, -0.15) is 16.8 Å². The van der Waals surface area contributed by atoms with Gasteiger partial charge in [0.2, 0.25) is 0 Å². The van der Waals surface area contributed by atoms with Gasteiger partial charge in [-0.1, -0.05) is 24.3 Å². The van der Waals surface area contributed by atoms with Crippen molar-refractivity contribution in [2.75, 3.05) is 11.1 Å². The Morgan fingerprint density at radius 3 is 1.71 bits per heavy atom. The van der Waals surface area contributed by atoms with Gasteiger partial charge in [0.05, 0.1) is 27.4 Å². The van der Waals surface area contributed by atoms with Crippen molar-refractivity contribution >= 4 is 108 Å². The maximum absolute atomic E-state index is 13.2. The van der Waals surface area contributed by atoms with Crippen molar-refractivity contribution in [2.24, 2.45) is 0 Å². The molecule has 0 unspecified atom stereocenters. The summed E-state index contributed by atoms with van der Waals surface area (Å²) in [6.07, 6.45) is 0. The van der Waals surface area contributed by atoms with Crippen molar-refractivity contribution in [3.05, 3.63) is 76.9 Å². The van der Waals surface area contributed by atoms with Gasteiger partial charge in [-0.05, 0) is 30.3 Å². The number of benzene rings is 3. The second-order valence-electron chi connectivity index (χ2n) is 6.89. The third kappa shape index (κ3) is 5.16. The normalized spacial score (nSPS) is 12.6. The molecule has 0 saturated heterocycles. The fourth-order valence-corrected chi connectivity index (χ4v) is 4.60. The number of hydrogen-bond acceptors (Lipinski definition) is 8. The van der Waals surface area contributed by atoms with Crippen LogP contribution < -0.4 is 11.1 Å². The SMILES string of the molecule is Nc1c(S(=O)(=O)O)cc(Nc2ccc(S(=O)(=O)O)cc2)c2c1C(=O)c1ccccc1C2=O.[NaH].[NaH]. The molecule has 0 amide bonds. The first-order valence-electron chi connectivity index (χ1n) is 8.86. The zero-order valence-electron chi connectivity index (χ0n) is 15.9. The van der Waals surface area contributed by atoms with Crippen molar-refractivity contribution < 1.29 is 35.5 Å². The second-order valence-corrected chi connectivity index (χ2v) is 9.70. The molecule has 4 rings (SSSR count). The zero-order valence-corrected chi connectivity index (χ0v) is 17.6. The number of nitrogens with one attached hydrogen (secondary N) is 1. The van der Waals surface area contributed by atoms with Crippen molar-refractivity contribution in [3.8, 4) is 0 Å². The van der Waals surface area contributed by atoms with Gasteiger partial charge in [0.1, 0.15) is 4.90 Å². The summed E-state index contributed by atoms with van der Waals surface area (Å²) in [6.45, 7) is 0. The van der Waals surface area contributed by atoms with Crippen molar-refractivity contribution in [3.63, 3.8) is 0 Å². The van der Waals surface area contributed by atoms with Crippen LogP contribution >= 0.6 is 0 Å². The van der Waals surface area contributed by atoms with E-state index in [1.54, 1.807) is 6.07 Å². The van der Waals surface area contributed by atoms with Crippen LogP contribution in [0, 0.1) is 0 Å². The Bertz CT molecular complexity index is 1540. The van der Waals surface area contributed by atoms with Crippen molar-refractivity contribution in [2.45, 2.75) is 9.79 Å². The van der Waals surface area contributed by atoms with E-state index >= 15 is 0 Å². The molecular formula is C20H16N2Na2O8S2. The number of nitrogens with two attached hydrogens (primary N) is 1. The Labute approximate surface area is 239 Å². The molecule has 0 spiro atoms. The Hall–Kier alpha value is -1.58. The van der Waals surface area contributed by atoms with E-state index in [4.69, 9.17) is 10.3 Å². The van der Waals surface area contributed by atoms with Crippen LogP contribution in [-0.4, -0.2) is 96.6 Å². The van der Waals surface area contributed by atoms with Gasteiger partial charge in [-0.25, -0.2) is 0 Å². The van der Waals surface area contributed by atoms with E-state index < -0.39 is 42.4 Å². The molecule has 3 aromatic carbocycles. The maximum atomic E-state index is 13.2. The van der Waals surface area contributed by atoms with E-state index in [1.165, 1.54) is 30.3 Å². The Morgan fingerprint density at radius 1 is 0.735 bits per heavy atom. The summed E-state index contributed by atoms with van der Waals surface area (Å²) in [6, 6.07) is 11.5. The summed E-state index contributed by atoms with van der Waals surface area (Å²) in [5.74, 6) is -1.29. The molecule has 5 N–H and O–H groups in total. The van der Waals surface area contributed by atoms with Crippen LogP contribution in [0.25, 0.3) is 0 Å². The summed E-state index contributed by atoms with van der Waals surface area (Å²) >= 11 is 0. The van der Waals surface area contributed by atoms with Crippen molar-refractivity contribution in [1.29, 1.82) is 0 Å². The van der Waals surface area contributed by atoms with E-state index in [2.05, 4.69) is 5.32 Å². The first-order valence-corrected chi connectivity index (χ1v) is 11.7. The van der Waals surface area contributed by atoms with Gasteiger partial charge < -0.3 is 11.1 Å². The van der Waals surface area contributed by atoms with Gasteiger partial charge in [-0.3, -0.25) is 18.7 Å². The average Bonchev–Trinajstić information content (AvgIpc) is 2.72. The third-order valence-corrected chi connectivity index (χ3v) is 6.67. The molecule has 0 heterocycles. The Kier molecular flexibility index (Phi) is 8.59. The van der Waals surface area contributed by atoms with Gasteiger partial charge >= 0.3 is 59.1 Å². The molecule has 0 fully saturated rings. The first-order chi connectivity index (χ1) is 14.9. The molecule has 34 heavy (non-hydrogen) atoms. The molecule has 168 valence electrons. The van der Waals surface area contributed by atoms with Crippen LogP contribution in [-0.2, 0) is 20.2 Å². The zero-order chi connectivity index (χ0) is 23.4. The minimum atomic E-state index is -4.87. The molecule has 0 bridgehead atoms. The number of carbonyl (C=O) groups is 2. The minimum absolute atomic E-state index is 0. The molecule has 0 radical (unpaired) electrons. The third-order valence-electron chi connectivity index (χ3n) is 4.91.